The van der Waals surface area contributed by atoms with Crippen LogP contribution in [0.2, 0.25) is 0 Å². The first-order valence-electron chi connectivity index (χ1n) is 7.56. The Balaban J connectivity index is 1.88. The molecule has 0 spiro atoms. The second-order valence-electron chi connectivity index (χ2n) is 5.54. The van der Waals surface area contributed by atoms with Crippen LogP contribution in [0.1, 0.15) is 26.2 Å². The Morgan fingerprint density at radius 3 is 2.67 bits per heavy atom. The van der Waals surface area contributed by atoms with Crippen LogP contribution in [0, 0.1) is 0 Å². The fraction of sp³-hybridized carbons (Fsp3) is 0.500. The van der Waals surface area contributed by atoms with E-state index in [2.05, 4.69) is 39.8 Å². The molecule has 0 bridgehead atoms. The van der Waals surface area contributed by atoms with Gasteiger partial charge in [0.05, 0.1) is 5.52 Å². The topological polar surface area (TPSA) is 49.8 Å². The summed E-state index contributed by atoms with van der Waals surface area (Å²) in [7, 11) is 0. The van der Waals surface area contributed by atoms with Crippen LogP contribution in [0.15, 0.2) is 24.3 Å². The van der Waals surface area contributed by atoms with Crippen molar-refractivity contribution in [3.05, 3.63) is 24.3 Å². The zero-order valence-corrected chi connectivity index (χ0v) is 13.5. The molecule has 2 aromatic rings. The standard InChI is InChI=1S/C16H22N4S/c1-3-17-15-19-13-8-5-4-7-12(13)14(20-15)18-11-16(21-2)9-6-10-16/h4-5,7-8H,3,6,9-11H2,1-2H3,(H2,17,18,19,20). The van der Waals surface area contributed by atoms with Crippen molar-refractivity contribution in [1.29, 1.82) is 0 Å². The molecule has 1 aliphatic carbocycles. The van der Waals surface area contributed by atoms with Crippen LogP contribution < -0.4 is 10.6 Å². The molecule has 0 atom stereocenters. The van der Waals surface area contributed by atoms with Gasteiger partial charge in [-0.2, -0.15) is 16.7 Å². The number of nitrogens with zero attached hydrogens (tertiary/aromatic N) is 2. The zero-order chi connectivity index (χ0) is 14.7. The SMILES string of the molecule is CCNc1nc(NCC2(SC)CCC2)c2ccccc2n1. The van der Waals surface area contributed by atoms with Crippen molar-refractivity contribution in [3.8, 4) is 0 Å². The maximum atomic E-state index is 4.64. The Bertz CT molecular complexity index is 619. The molecule has 1 aliphatic rings. The van der Waals surface area contributed by atoms with E-state index in [-0.39, 0.29) is 0 Å². The summed E-state index contributed by atoms with van der Waals surface area (Å²) in [6.45, 7) is 3.86. The van der Waals surface area contributed by atoms with E-state index in [0.29, 0.717) is 10.7 Å². The summed E-state index contributed by atoms with van der Waals surface area (Å²) in [5.74, 6) is 1.64. The van der Waals surface area contributed by atoms with Crippen LogP contribution in [0.25, 0.3) is 10.9 Å². The molecule has 4 nitrogen and oxygen atoms in total. The third-order valence-electron chi connectivity index (χ3n) is 4.21. The maximum absolute atomic E-state index is 4.64. The molecule has 0 aliphatic heterocycles. The quantitative estimate of drug-likeness (QED) is 0.851. The fourth-order valence-electron chi connectivity index (χ4n) is 2.72. The van der Waals surface area contributed by atoms with Gasteiger partial charge in [0, 0.05) is 23.2 Å². The smallest absolute Gasteiger partial charge is 0.225 e. The van der Waals surface area contributed by atoms with Gasteiger partial charge in [-0.25, -0.2) is 4.98 Å². The third kappa shape index (κ3) is 2.93. The van der Waals surface area contributed by atoms with Crippen LogP contribution in [0.4, 0.5) is 11.8 Å². The first-order valence-corrected chi connectivity index (χ1v) is 8.78. The summed E-state index contributed by atoms with van der Waals surface area (Å²) < 4.78 is 0.393. The predicted octanol–water partition coefficient (Wildman–Crippen LogP) is 3.76. The van der Waals surface area contributed by atoms with Gasteiger partial charge in [-0.3, -0.25) is 0 Å². The summed E-state index contributed by atoms with van der Waals surface area (Å²) in [5.41, 5.74) is 0.984. The monoisotopic (exact) mass is 302 g/mol. The minimum atomic E-state index is 0.393. The number of aromatic nitrogens is 2. The van der Waals surface area contributed by atoms with Crippen LogP contribution in [-0.4, -0.2) is 34.1 Å². The van der Waals surface area contributed by atoms with Crippen molar-refractivity contribution in [2.45, 2.75) is 30.9 Å². The molecular weight excluding hydrogens is 280 g/mol. The minimum Gasteiger partial charge on any atom is -0.368 e. The molecule has 0 amide bonds. The van der Waals surface area contributed by atoms with Gasteiger partial charge in [0.15, 0.2) is 0 Å². The van der Waals surface area contributed by atoms with Gasteiger partial charge >= 0.3 is 0 Å². The second-order valence-corrected chi connectivity index (χ2v) is 6.81. The third-order valence-corrected chi connectivity index (χ3v) is 5.63. The van der Waals surface area contributed by atoms with E-state index in [9.17, 15) is 0 Å². The average molecular weight is 302 g/mol. The van der Waals surface area contributed by atoms with Gasteiger partial charge in [0.2, 0.25) is 5.95 Å². The lowest BCUT2D eigenvalue weighted by Gasteiger charge is -2.40. The Kier molecular flexibility index (Phi) is 4.19. The van der Waals surface area contributed by atoms with Gasteiger partial charge in [0.25, 0.3) is 0 Å². The van der Waals surface area contributed by atoms with Crippen molar-refractivity contribution in [2.24, 2.45) is 0 Å². The van der Waals surface area contributed by atoms with E-state index in [4.69, 9.17) is 0 Å². The minimum absolute atomic E-state index is 0.393. The van der Waals surface area contributed by atoms with Crippen molar-refractivity contribution in [1.82, 2.24) is 9.97 Å². The highest BCUT2D eigenvalue weighted by atomic mass is 32.2. The molecule has 1 aromatic carbocycles. The van der Waals surface area contributed by atoms with E-state index >= 15 is 0 Å². The molecule has 1 fully saturated rings. The number of benzene rings is 1. The summed E-state index contributed by atoms with van der Waals surface area (Å²) in [5, 5.41) is 7.87. The predicted molar refractivity (Wildman–Crippen MR) is 92.3 cm³/mol. The lowest BCUT2D eigenvalue weighted by atomic mass is 9.84. The average Bonchev–Trinajstić information content (AvgIpc) is 2.47. The molecule has 3 rings (SSSR count). The summed E-state index contributed by atoms with van der Waals surface area (Å²) in [6.07, 6.45) is 6.15. The van der Waals surface area contributed by atoms with Crippen molar-refractivity contribution in [2.75, 3.05) is 30.0 Å². The second kappa shape index (κ2) is 6.10. The lowest BCUT2D eigenvalue weighted by molar-refractivity contribution is 0.379. The Morgan fingerprint density at radius 1 is 1.19 bits per heavy atom. The van der Waals surface area contributed by atoms with Crippen LogP contribution in [0.3, 0.4) is 0 Å². The van der Waals surface area contributed by atoms with Gasteiger partial charge in [-0.1, -0.05) is 18.6 Å². The van der Waals surface area contributed by atoms with Crippen molar-refractivity contribution < 1.29 is 0 Å². The zero-order valence-electron chi connectivity index (χ0n) is 12.6. The molecule has 5 heteroatoms. The highest BCUT2D eigenvalue weighted by Crippen LogP contribution is 2.42. The number of hydrogen-bond acceptors (Lipinski definition) is 5. The molecule has 0 radical (unpaired) electrons. The molecule has 1 heterocycles. The van der Waals surface area contributed by atoms with Gasteiger partial charge in [0.1, 0.15) is 5.82 Å². The number of hydrogen-bond donors (Lipinski definition) is 2. The normalized spacial score (nSPS) is 16.5. The fourth-order valence-corrected chi connectivity index (χ4v) is 3.63. The van der Waals surface area contributed by atoms with Crippen molar-refractivity contribution in [3.63, 3.8) is 0 Å². The largest absolute Gasteiger partial charge is 0.368 e. The number of nitrogens with one attached hydrogen (secondary N) is 2. The van der Waals surface area contributed by atoms with Crippen molar-refractivity contribution >= 4 is 34.4 Å². The molecule has 1 saturated carbocycles. The highest BCUT2D eigenvalue weighted by molar-refractivity contribution is 8.00. The molecule has 21 heavy (non-hydrogen) atoms. The summed E-state index contributed by atoms with van der Waals surface area (Å²) in [6, 6.07) is 8.18. The van der Waals surface area contributed by atoms with Crippen LogP contribution in [0.5, 0.6) is 0 Å². The number of rotatable bonds is 6. The van der Waals surface area contributed by atoms with Crippen LogP contribution in [-0.2, 0) is 0 Å². The van der Waals surface area contributed by atoms with Gasteiger partial charge < -0.3 is 10.6 Å². The summed E-state index contributed by atoms with van der Waals surface area (Å²) in [4.78, 5) is 9.20. The number of thioether (sulfide) groups is 1. The molecule has 112 valence electrons. The molecule has 1 aromatic heterocycles. The lowest BCUT2D eigenvalue weighted by Crippen LogP contribution is -2.40. The number of para-hydroxylation sites is 1. The van der Waals surface area contributed by atoms with Gasteiger partial charge in [-0.15, -0.1) is 0 Å². The van der Waals surface area contributed by atoms with E-state index in [1.54, 1.807) is 0 Å². The Hall–Kier alpha value is -1.49. The summed E-state index contributed by atoms with van der Waals surface area (Å²) >= 11 is 1.98. The molecule has 0 unspecified atom stereocenters. The number of anilines is 2. The number of fused-ring (bicyclic) bond motifs is 1. The van der Waals surface area contributed by atoms with Gasteiger partial charge in [-0.05, 0) is 38.2 Å². The van der Waals surface area contributed by atoms with E-state index in [1.807, 2.05) is 30.0 Å². The first-order chi connectivity index (χ1) is 10.3. The van der Waals surface area contributed by atoms with E-state index in [0.717, 1.165) is 29.8 Å². The molecule has 2 N–H and O–H groups in total. The molecule has 0 saturated heterocycles. The Labute approximate surface area is 130 Å². The highest BCUT2D eigenvalue weighted by Gasteiger charge is 2.36. The maximum Gasteiger partial charge on any atom is 0.225 e. The molecular formula is C16H22N4S. The van der Waals surface area contributed by atoms with Crippen LogP contribution >= 0.6 is 11.8 Å². The van der Waals surface area contributed by atoms with E-state index in [1.165, 1.54) is 19.3 Å². The van der Waals surface area contributed by atoms with E-state index < -0.39 is 0 Å². The Morgan fingerprint density at radius 2 is 2.00 bits per heavy atom. The first kappa shape index (κ1) is 14.4.